The van der Waals surface area contributed by atoms with Crippen molar-refractivity contribution in [3.8, 4) is 11.8 Å². The van der Waals surface area contributed by atoms with Gasteiger partial charge < -0.3 is 37.9 Å². The van der Waals surface area contributed by atoms with Gasteiger partial charge in [-0.05, 0) is 0 Å². The van der Waals surface area contributed by atoms with E-state index in [1.165, 1.54) is 6.20 Å². The number of hydrogen-bond acceptors (Lipinski definition) is 8. The van der Waals surface area contributed by atoms with Crippen molar-refractivity contribution >= 4 is 11.9 Å². The molecule has 1 fully saturated rings. The molecule has 1 aliphatic rings. The number of ether oxygens (including phenoxy) is 1. The molecule has 1 aliphatic heterocycles. The van der Waals surface area contributed by atoms with Crippen molar-refractivity contribution in [1.82, 2.24) is 14.5 Å². The molecule has 2 heterocycles. The second-order valence-electron chi connectivity index (χ2n) is 7.02. The molecule has 1 saturated heterocycles. The maximum Gasteiger partial charge on any atom is 0.330 e. The average Bonchev–Trinajstić information content (AvgIpc) is 3.09. The van der Waals surface area contributed by atoms with Crippen molar-refractivity contribution in [2.75, 3.05) is 39.3 Å². The van der Waals surface area contributed by atoms with E-state index in [0.717, 1.165) is 4.57 Å². The molecular weight excluding hydrogens is 422 g/mol. The van der Waals surface area contributed by atoms with E-state index in [1.54, 1.807) is 0 Å². The molecule has 0 aliphatic carbocycles. The summed E-state index contributed by atoms with van der Waals surface area (Å²) in [4.78, 5) is 36.2. The van der Waals surface area contributed by atoms with Crippen LogP contribution in [0.1, 0.15) is 18.2 Å². The number of guanidine groups is 2. The van der Waals surface area contributed by atoms with E-state index in [0.29, 0.717) is 26.2 Å². The molecule has 0 amide bonds. The Morgan fingerprint density at radius 2 is 1.84 bits per heavy atom. The lowest BCUT2D eigenvalue weighted by molar-refractivity contribution is -0.0459. The minimum absolute atomic E-state index is 0.0308. The van der Waals surface area contributed by atoms with Crippen LogP contribution in [0.3, 0.4) is 0 Å². The number of aliphatic hydroxyl groups is 2. The predicted octanol–water partition coefficient (Wildman–Crippen LogP) is -4.62. The number of rotatable bonds is 9. The van der Waals surface area contributed by atoms with Crippen LogP contribution in [-0.4, -0.2) is 88.1 Å². The van der Waals surface area contributed by atoms with E-state index in [4.69, 9.17) is 27.7 Å². The summed E-state index contributed by atoms with van der Waals surface area (Å²) >= 11 is 0. The molecule has 14 heteroatoms. The highest BCUT2D eigenvalue weighted by atomic mass is 16.5. The van der Waals surface area contributed by atoms with E-state index < -0.39 is 36.3 Å². The summed E-state index contributed by atoms with van der Waals surface area (Å²) in [7, 11) is 0. The molecule has 176 valence electrons. The Labute approximate surface area is 183 Å². The van der Waals surface area contributed by atoms with Gasteiger partial charge in [-0.15, -0.1) is 0 Å². The van der Waals surface area contributed by atoms with Gasteiger partial charge in [0.05, 0.1) is 32.3 Å². The number of aromatic amines is 1. The predicted molar refractivity (Wildman–Crippen MR) is 118 cm³/mol. The minimum atomic E-state index is -0.928. The van der Waals surface area contributed by atoms with Crippen LogP contribution in [0.2, 0.25) is 0 Å². The first-order chi connectivity index (χ1) is 15.2. The number of aromatic nitrogens is 2. The summed E-state index contributed by atoms with van der Waals surface area (Å²) < 4.78 is 6.61. The molecule has 2 rings (SSSR count). The highest BCUT2D eigenvalue weighted by Gasteiger charge is 2.35. The van der Waals surface area contributed by atoms with Gasteiger partial charge in [-0.25, -0.2) is 4.79 Å². The lowest BCUT2D eigenvalue weighted by Crippen LogP contribution is -2.34. The Hall–Kier alpha value is -3.38. The third-order valence-corrected chi connectivity index (χ3v) is 4.61. The first-order valence-corrected chi connectivity index (χ1v) is 9.83. The Balaban J connectivity index is 2.15. The molecule has 11 N–H and O–H groups in total. The molecule has 0 bridgehead atoms. The van der Waals surface area contributed by atoms with Gasteiger partial charge in [0.2, 0.25) is 0 Å². The summed E-state index contributed by atoms with van der Waals surface area (Å²) in [6, 6.07) is 0. The third-order valence-electron chi connectivity index (χ3n) is 4.61. The Morgan fingerprint density at radius 1 is 1.22 bits per heavy atom. The molecular formula is C18H29N9O5. The zero-order chi connectivity index (χ0) is 23.7. The van der Waals surface area contributed by atoms with Crippen LogP contribution in [0.25, 0.3) is 0 Å². The van der Waals surface area contributed by atoms with Crippen LogP contribution < -0.4 is 34.2 Å². The Morgan fingerprint density at radius 3 is 2.38 bits per heavy atom. The van der Waals surface area contributed by atoms with Crippen LogP contribution >= 0.6 is 0 Å². The highest BCUT2D eigenvalue weighted by Crippen LogP contribution is 2.27. The second-order valence-corrected chi connectivity index (χ2v) is 7.02. The fourth-order valence-corrected chi connectivity index (χ4v) is 3.00. The summed E-state index contributed by atoms with van der Waals surface area (Å²) in [5.41, 5.74) is 20.0. The van der Waals surface area contributed by atoms with Gasteiger partial charge in [-0.1, -0.05) is 11.8 Å². The maximum atomic E-state index is 12.2. The molecule has 0 radical (unpaired) electrons. The van der Waals surface area contributed by atoms with E-state index in [-0.39, 0.29) is 30.4 Å². The van der Waals surface area contributed by atoms with E-state index in [9.17, 15) is 19.8 Å². The van der Waals surface area contributed by atoms with Crippen LogP contribution in [0.15, 0.2) is 25.8 Å². The highest BCUT2D eigenvalue weighted by molar-refractivity contribution is 5.75. The molecule has 32 heavy (non-hydrogen) atoms. The van der Waals surface area contributed by atoms with Crippen molar-refractivity contribution in [2.24, 2.45) is 32.9 Å². The van der Waals surface area contributed by atoms with Gasteiger partial charge in [-0.3, -0.25) is 29.2 Å². The van der Waals surface area contributed by atoms with Crippen molar-refractivity contribution in [3.63, 3.8) is 0 Å². The van der Waals surface area contributed by atoms with E-state index in [1.807, 2.05) is 4.90 Å². The smallest absolute Gasteiger partial charge is 0.330 e. The van der Waals surface area contributed by atoms with E-state index in [2.05, 4.69) is 26.8 Å². The van der Waals surface area contributed by atoms with Crippen LogP contribution in [0.5, 0.6) is 0 Å². The lowest BCUT2D eigenvalue weighted by Gasteiger charge is -2.17. The van der Waals surface area contributed by atoms with Gasteiger partial charge in [0.25, 0.3) is 5.56 Å². The SMILES string of the molecule is NC(N)=NCCN(CC#Cc1cn([C@H]2C[C@H](O)[C@@H](CO)O2)c(=O)[nH]c1=O)CCN=C(N)N. The van der Waals surface area contributed by atoms with Gasteiger partial charge in [0.1, 0.15) is 17.9 Å². The fourth-order valence-electron chi connectivity index (χ4n) is 3.00. The molecule has 3 atom stereocenters. The first kappa shape index (κ1) is 24.9. The number of nitrogens with zero attached hydrogens (tertiary/aromatic N) is 4. The van der Waals surface area contributed by atoms with E-state index >= 15 is 0 Å². The number of nitrogens with two attached hydrogens (primary N) is 4. The zero-order valence-corrected chi connectivity index (χ0v) is 17.5. The van der Waals surface area contributed by atoms with Gasteiger partial charge >= 0.3 is 5.69 Å². The molecule has 0 spiro atoms. The molecule has 0 saturated carbocycles. The number of hydrogen-bond donors (Lipinski definition) is 7. The van der Waals surface area contributed by atoms with Crippen molar-refractivity contribution < 1.29 is 14.9 Å². The van der Waals surface area contributed by atoms with Gasteiger partial charge in [0.15, 0.2) is 11.9 Å². The first-order valence-electron chi connectivity index (χ1n) is 9.83. The standard InChI is InChI=1S/C18H29N9O5/c19-16(20)23-3-6-26(7-4-24-17(21)22)5-1-2-11-9-27(18(31)25-15(11)30)14-8-12(29)13(10-28)32-14/h9,12-14,28-29H,3-8,10H2,(H4,19,20,23)(H4,21,22,24)(H,25,30,31)/t12-,13+,14+/m0/s1. The maximum absolute atomic E-state index is 12.2. The van der Waals surface area contributed by atoms with Gasteiger partial charge in [0, 0.05) is 25.7 Å². The normalized spacial score (nSPS) is 19.9. The Kier molecular flexibility index (Phi) is 9.22. The average molecular weight is 451 g/mol. The summed E-state index contributed by atoms with van der Waals surface area (Å²) in [6.45, 7) is 1.48. The van der Waals surface area contributed by atoms with Crippen LogP contribution in [-0.2, 0) is 4.74 Å². The fraction of sp³-hybridized carbons (Fsp3) is 0.556. The van der Waals surface area contributed by atoms with Gasteiger partial charge in [-0.2, -0.15) is 0 Å². The zero-order valence-electron chi connectivity index (χ0n) is 17.5. The number of aliphatic imine (C=N–C) groups is 2. The largest absolute Gasteiger partial charge is 0.394 e. The van der Waals surface area contributed by atoms with Crippen molar-refractivity contribution in [3.05, 3.63) is 32.6 Å². The number of H-pyrrole nitrogens is 1. The van der Waals surface area contributed by atoms with Crippen LogP contribution in [0.4, 0.5) is 0 Å². The minimum Gasteiger partial charge on any atom is -0.394 e. The molecule has 14 nitrogen and oxygen atoms in total. The summed E-state index contributed by atoms with van der Waals surface area (Å²) in [6.07, 6.45) is -1.20. The molecule has 1 aromatic rings. The Bertz CT molecular complexity index is 977. The molecule has 0 unspecified atom stereocenters. The third kappa shape index (κ3) is 7.39. The lowest BCUT2D eigenvalue weighted by atomic mass is 10.2. The second kappa shape index (κ2) is 11.9. The quantitative estimate of drug-likeness (QED) is 0.108. The topological polar surface area (TPSA) is 237 Å². The van der Waals surface area contributed by atoms with Crippen LogP contribution in [0, 0.1) is 11.8 Å². The summed E-state index contributed by atoms with van der Waals surface area (Å²) in [5, 5.41) is 19.1. The van der Waals surface area contributed by atoms with Crippen molar-refractivity contribution in [2.45, 2.75) is 24.9 Å². The number of aliphatic hydroxyl groups excluding tert-OH is 2. The molecule has 0 aromatic carbocycles. The molecule has 1 aromatic heterocycles. The monoisotopic (exact) mass is 451 g/mol. The summed E-state index contributed by atoms with van der Waals surface area (Å²) in [5.74, 6) is 5.55. The number of nitrogens with one attached hydrogen (secondary N) is 1. The van der Waals surface area contributed by atoms with Crippen molar-refractivity contribution in [1.29, 1.82) is 0 Å².